The summed E-state index contributed by atoms with van der Waals surface area (Å²) in [5.41, 5.74) is 0. The molecule has 0 aromatic heterocycles. The summed E-state index contributed by atoms with van der Waals surface area (Å²) in [6.07, 6.45) is 73.2. The molecule has 0 aliphatic rings. The highest BCUT2D eigenvalue weighted by Gasteiger charge is 2.19. The molecule has 0 aliphatic heterocycles. The van der Waals surface area contributed by atoms with Crippen LogP contribution in [0.15, 0.2) is 72.9 Å². The van der Waals surface area contributed by atoms with E-state index in [-0.39, 0.29) is 31.1 Å². The van der Waals surface area contributed by atoms with Gasteiger partial charge >= 0.3 is 17.9 Å². The van der Waals surface area contributed by atoms with Crippen LogP contribution >= 0.6 is 0 Å². The Hall–Kier alpha value is -3.15. The molecule has 0 N–H and O–H groups in total. The van der Waals surface area contributed by atoms with Crippen LogP contribution in [-0.4, -0.2) is 37.2 Å². The third-order valence-corrected chi connectivity index (χ3v) is 12.6. The molecule has 0 aliphatic carbocycles. The van der Waals surface area contributed by atoms with E-state index in [0.29, 0.717) is 19.3 Å². The molecular weight excluding hydrogens is 853 g/mol. The van der Waals surface area contributed by atoms with Crippen molar-refractivity contribution in [1.82, 2.24) is 0 Å². The van der Waals surface area contributed by atoms with Gasteiger partial charge in [0.25, 0.3) is 0 Å². The Labute approximate surface area is 427 Å². The number of carbonyl (C=O) groups excluding carboxylic acids is 3. The lowest BCUT2D eigenvalue weighted by atomic mass is 10.1. The second-order valence-electron chi connectivity index (χ2n) is 19.5. The van der Waals surface area contributed by atoms with Crippen LogP contribution in [-0.2, 0) is 28.6 Å². The molecule has 1 atom stereocenters. The average molecular weight is 964 g/mol. The predicted molar refractivity (Wildman–Crippen MR) is 298 cm³/mol. The minimum Gasteiger partial charge on any atom is -0.462 e. The summed E-state index contributed by atoms with van der Waals surface area (Å²) >= 11 is 0. The fourth-order valence-electron chi connectivity index (χ4n) is 8.19. The topological polar surface area (TPSA) is 78.9 Å². The molecule has 0 fully saturated rings. The molecule has 0 amide bonds. The highest BCUT2D eigenvalue weighted by molar-refractivity contribution is 5.71. The summed E-state index contributed by atoms with van der Waals surface area (Å²) in [7, 11) is 0. The molecule has 1 unspecified atom stereocenters. The summed E-state index contributed by atoms with van der Waals surface area (Å²) < 4.78 is 16.8. The fraction of sp³-hybridized carbons (Fsp3) is 0.762. The molecule has 0 spiro atoms. The number of unbranched alkanes of at least 4 members (excludes halogenated alkanes) is 30. The van der Waals surface area contributed by atoms with Crippen LogP contribution in [0.3, 0.4) is 0 Å². The summed E-state index contributed by atoms with van der Waals surface area (Å²) in [6.45, 7) is 6.55. The lowest BCUT2D eigenvalue weighted by Crippen LogP contribution is -2.30. The predicted octanol–water partition coefficient (Wildman–Crippen LogP) is 19.8. The van der Waals surface area contributed by atoms with Crippen LogP contribution in [0, 0.1) is 0 Å². The molecule has 69 heavy (non-hydrogen) atoms. The van der Waals surface area contributed by atoms with Gasteiger partial charge in [-0.15, -0.1) is 0 Å². The number of hydrogen-bond acceptors (Lipinski definition) is 6. The van der Waals surface area contributed by atoms with Gasteiger partial charge in [-0.1, -0.05) is 235 Å². The van der Waals surface area contributed by atoms with Gasteiger partial charge in [0.15, 0.2) is 6.10 Å². The summed E-state index contributed by atoms with van der Waals surface area (Å²) in [5.74, 6) is -0.909. The van der Waals surface area contributed by atoms with E-state index in [1.54, 1.807) is 0 Å². The van der Waals surface area contributed by atoms with Gasteiger partial charge in [0.05, 0.1) is 0 Å². The Kier molecular flexibility index (Phi) is 54.8. The third-order valence-electron chi connectivity index (χ3n) is 12.6. The number of allylic oxidation sites excluding steroid dienone is 12. The van der Waals surface area contributed by atoms with Crippen LogP contribution < -0.4 is 0 Å². The summed E-state index contributed by atoms with van der Waals surface area (Å²) in [5, 5.41) is 0. The Morgan fingerprint density at radius 2 is 0.551 bits per heavy atom. The van der Waals surface area contributed by atoms with E-state index in [9.17, 15) is 14.4 Å². The molecule has 0 heterocycles. The van der Waals surface area contributed by atoms with Crippen molar-refractivity contribution in [1.29, 1.82) is 0 Å². The molecular formula is C63H110O6. The second-order valence-corrected chi connectivity index (χ2v) is 19.5. The molecule has 0 bridgehead atoms. The van der Waals surface area contributed by atoms with E-state index in [1.165, 1.54) is 128 Å². The van der Waals surface area contributed by atoms with E-state index >= 15 is 0 Å². The van der Waals surface area contributed by atoms with E-state index in [4.69, 9.17) is 14.2 Å². The van der Waals surface area contributed by atoms with E-state index < -0.39 is 6.10 Å². The quantitative estimate of drug-likeness (QED) is 0.0262. The Bertz CT molecular complexity index is 1290. The van der Waals surface area contributed by atoms with Gasteiger partial charge in [-0.3, -0.25) is 14.4 Å². The Balaban J connectivity index is 4.35. The lowest BCUT2D eigenvalue weighted by molar-refractivity contribution is -0.167. The van der Waals surface area contributed by atoms with Gasteiger partial charge < -0.3 is 14.2 Å². The molecule has 0 saturated carbocycles. The molecule has 6 nitrogen and oxygen atoms in total. The van der Waals surface area contributed by atoms with Crippen molar-refractivity contribution < 1.29 is 28.6 Å². The lowest BCUT2D eigenvalue weighted by Gasteiger charge is -2.18. The smallest absolute Gasteiger partial charge is 0.306 e. The highest BCUT2D eigenvalue weighted by Crippen LogP contribution is 2.15. The van der Waals surface area contributed by atoms with Gasteiger partial charge in [-0.05, 0) is 109 Å². The molecule has 0 saturated heterocycles. The van der Waals surface area contributed by atoms with E-state index in [1.807, 2.05) is 0 Å². The molecule has 0 rings (SSSR count). The average Bonchev–Trinajstić information content (AvgIpc) is 3.35. The van der Waals surface area contributed by atoms with Crippen molar-refractivity contribution in [3.63, 3.8) is 0 Å². The van der Waals surface area contributed by atoms with Crippen molar-refractivity contribution in [2.24, 2.45) is 0 Å². The first kappa shape index (κ1) is 65.8. The van der Waals surface area contributed by atoms with Crippen molar-refractivity contribution >= 4 is 17.9 Å². The van der Waals surface area contributed by atoms with Crippen LogP contribution in [0.1, 0.15) is 290 Å². The van der Waals surface area contributed by atoms with Gasteiger partial charge in [-0.25, -0.2) is 0 Å². The van der Waals surface area contributed by atoms with Gasteiger partial charge in [-0.2, -0.15) is 0 Å². The maximum absolute atomic E-state index is 12.8. The first-order chi connectivity index (χ1) is 34.0. The van der Waals surface area contributed by atoms with E-state index in [0.717, 1.165) is 122 Å². The van der Waals surface area contributed by atoms with Crippen LogP contribution in [0.25, 0.3) is 0 Å². The zero-order valence-corrected chi connectivity index (χ0v) is 45.6. The van der Waals surface area contributed by atoms with Gasteiger partial charge in [0, 0.05) is 19.3 Å². The van der Waals surface area contributed by atoms with Crippen molar-refractivity contribution in [3.05, 3.63) is 72.9 Å². The maximum Gasteiger partial charge on any atom is 0.306 e. The van der Waals surface area contributed by atoms with Crippen LogP contribution in [0.2, 0.25) is 0 Å². The number of esters is 3. The molecule has 398 valence electrons. The zero-order valence-electron chi connectivity index (χ0n) is 45.6. The first-order valence-corrected chi connectivity index (χ1v) is 29.4. The molecule has 0 aromatic carbocycles. The van der Waals surface area contributed by atoms with Gasteiger partial charge in [0.2, 0.25) is 0 Å². The second kappa shape index (κ2) is 57.4. The Morgan fingerprint density at radius 1 is 0.290 bits per heavy atom. The molecule has 6 heteroatoms. The largest absolute Gasteiger partial charge is 0.462 e. The van der Waals surface area contributed by atoms with Crippen molar-refractivity contribution in [3.8, 4) is 0 Å². The van der Waals surface area contributed by atoms with Gasteiger partial charge in [0.1, 0.15) is 13.2 Å². The van der Waals surface area contributed by atoms with Crippen molar-refractivity contribution in [2.75, 3.05) is 13.2 Å². The number of rotatable bonds is 53. The number of carbonyl (C=O) groups is 3. The maximum atomic E-state index is 12.8. The number of ether oxygens (including phenoxy) is 3. The third kappa shape index (κ3) is 55.6. The SMILES string of the molecule is CCC/C=C\C/C=C\CCCCCCCC(=O)OCC(COC(=O)CCCCCCCCCC/C=C\C/C=C\C/C=C\CCCCCCC)OC(=O)CCCCCCC/C=C\CCCCCCCC. The summed E-state index contributed by atoms with van der Waals surface area (Å²) in [6, 6.07) is 0. The number of hydrogen-bond donors (Lipinski definition) is 0. The summed E-state index contributed by atoms with van der Waals surface area (Å²) in [4.78, 5) is 38.1. The minimum absolute atomic E-state index is 0.0868. The van der Waals surface area contributed by atoms with Crippen molar-refractivity contribution in [2.45, 2.75) is 297 Å². The van der Waals surface area contributed by atoms with Crippen LogP contribution in [0.4, 0.5) is 0 Å². The fourth-order valence-corrected chi connectivity index (χ4v) is 8.19. The van der Waals surface area contributed by atoms with Crippen LogP contribution in [0.5, 0.6) is 0 Å². The standard InChI is InChI=1S/C63H110O6/c1-4-7-10-13-16-19-22-25-27-28-29-30-31-32-33-34-36-38-41-44-47-50-53-56-62(65)68-59-60(58-67-61(64)55-52-49-46-43-40-37-24-21-18-15-12-9-6-3)69-63(66)57-54-51-48-45-42-39-35-26-23-20-17-14-11-8-5-2/h12,15,21-22,24-26,28-29,31-32,35,60H,4-11,13-14,16-20,23,27,30,33-34,36-59H2,1-3H3/b15-12-,24-21-,25-22-,29-28-,32-31-,35-26-. The minimum atomic E-state index is -0.789. The normalized spacial score (nSPS) is 12.6. The van der Waals surface area contributed by atoms with E-state index in [2.05, 4.69) is 93.7 Å². The monoisotopic (exact) mass is 963 g/mol. The Morgan fingerprint density at radius 3 is 0.884 bits per heavy atom. The molecule has 0 aromatic rings. The zero-order chi connectivity index (χ0) is 50.0. The highest BCUT2D eigenvalue weighted by atomic mass is 16.6. The first-order valence-electron chi connectivity index (χ1n) is 29.4. The molecule has 0 radical (unpaired) electrons.